The molecule has 4 heteroatoms. The molecule has 3 nitrogen and oxygen atoms in total. The van der Waals surface area contributed by atoms with Gasteiger partial charge < -0.3 is 5.32 Å². The van der Waals surface area contributed by atoms with E-state index in [2.05, 4.69) is 41.0 Å². The third-order valence-electron chi connectivity index (χ3n) is 2.44. The van der Waals surface area contributed by atoms with Gasteiger partial charge in [-0.25, -0.2) is 9.97 Å². The molecule has 0 aliphatic carbocycles. The van der Waals surface area contributed by atoms with Gasteiger partial charge in [0.05, 0.1) is 5.39 Å². The largest absolute Gasteiger partial charge is 0.368 e. The second-order valence-corrected chi connectivity index (χ2v) is 5.38. The van der Waals surface area contributed by atoms with Gasteiger partial charge in [0.15, 0.2) is 0 Å². The third-order valence-corrected chi connectivity index (χ3v) is 3.26. The van der Waals surface area contributed by atoms with Crippen molar-refractivity contribution in [3.63, 3.8) is 0 Å². The Morgan fingerprint density at radius 2 is 2.22 bits per heavy atom. The summed E-state index contributed by atoms with van der Waals surface area (Å²) in [7, 11) is 0. The van der Waals surface area contributed by atoms with Gasteiger partial charge in [0.1, 0.15) is 17.0 Å². The molecule has 0 spiro atoms. The summed E-state index contributed by atoms with van der Waals surface area (Å²) in [4.78, 5) is 9.51. The molecule has 0 fully saturated rings. The normalized spacial score (nSPS) is 10.4. The highest BCUT2D eigenvalue weighted by atomic mass is 32.1. The van der Waals surface area contributed by atoms with Crippen molar-refractivity contribution < 1.29 is 0 Å². The fourth-order valence-electron chi connectivity index (χ4n) is 1.54. The Kier molecular flexibility index (Phi) is 4.54. The SMILES string of the molecule is CC(C)CC#CCCNc1ncnc2sccc12. The van der Waals surface area contributed by atoms with Crippen molar-refractivity contribution in [1.82, 2.24) is 9.97 Å². The van der Waals surface area contributed by atoms with Crippen LogP contribution in [-0.4, -0.2) is 16.5 Å². The van der Waals surface area contributed by atoms with Crippen molar-refractivity contribution in [3.05, 3.63) is 17.8 Å². The van der Waals surface area contributed by atoms with Crippen LogP contribution in [0.15, 0.2) is 17.8 Å². The van der Waals surface area contributed by atoms with Gasteiger partial charge in [0.2, 0.25) is 0 Å². The summed E-state index contributed by atoms with van der Waals surface area (Å²) < 4.78 is 0. The molecule has 2 rings (SSSR count). The lowest BCUT2D eigenvalue weighted by atomic mass is 10.1. The molecule has 0 unspecified atom stereocenters. The second kappa shape index (κ2) is 6.36. The number of hydrogen-bond donors (Lipinski definition) is 1. The number of nitrogens with one attached hydrogen (secondary N) is 1. The number of nitrogens with zero attached hydrogens (tertiary/aromatic N) is 2. The number of thiophene rings is 1. The van der Waals surface area contributed by atoms with E-state index >= 15 is 0 Å². The predicted molar refractivity (Wildman–Crippen MR) is 77.8 cm³/mol. The monoisotopic (exact) mass is 259 g/mol. The lowest BCUT2D eigenvalue weighted by molar-refractivity contribution is 0.675. The Bertz CT molecular complexity index is 563. The molecule has 2 aromatic rings. The first-order valence-electron chi connectivity index (χ1n) is 6.15. The first-order chi connectivity index (χ1) is 8.77. The van der Waals surface area contributed by atoms with Crippen molar-refractivity contribution in [2.45, 2.75) is 26.7 Å². The van der Waals surface area contributed by atoms with Crippen LogP contribution >= 0.6 is 11.3 Å². The first kappa shape index (κ1) is 12.8. The van der Waals surface area contributed by atoms with Crippen molar-refractivity contribution in [2.24, 2.45) is 5.92 Å². The number of aromatic nitrogens is 2. The molecule has 0 atom stereocenters. The lowest BCUT2D eigenvalue weighted by Gasteiger charge is -2.03. The van der Waals surface area contributed by atoms with E-state index in [1.807, 2.05) is 11.4 Å². The van der Waals surface area contributed by atoms with E-state index < -0.39 is 0 Å². The van der Waals surface area contributed by atoms with E-state index in [1.54, 1.807) is 17.7 Å². The highest BCUT2D eigenvalue weighted by Gasteiger charge is 2.02. The van der Waals surface area contributed by atoms with Crippen LogP contribution in [0.1, 0.15) is 26.7 Å². The van der Waals surface area contributed by atoms with Crippen LogP contribution in [0.3, 0.4) is 0 Å². The number of hydrogen-bond acceptors (Lipinski definition) is 4. The van der Waals surface area contributed by atoms with E-state index in [4.69, 9.17) is 0 Å². The Morgan fingerprint density at radius 1 is 1.33 bits per heavy atom. The van der Waals surface area contributed by atoms with Crippen LogP contribution in [0, 0.1) is 17.8 Å². The first-order valence-corrected chi connectivity index (χ1v) is 7.03. The van der Waals surface area contributed by atoms with Crippen molar-refractivity contribution >= 4 is 27.4 Å². The average Bonchev–Trinajstić information content (AvgIpc) is 2.82. The van der Waals surface area contributed by atoms with Gasteiger partial charge in [-0.05, 0) is 17.4 Å². The summed E-state index contributed by atoms with van der Waals surface area (Å²) in [5.74, 6) is 7.92. The fourth-order valence-corrected chi connectivity index (χ4v) is 2.27. The molecule has 0 amide bonds. The summed E-state index contributed by atoms with van der Waals surface area (Å²) >= 11 is 1.63. The molecule has 0 radical (unpaired) electrons. The Balaban J connectivity index is 1.86. The zero-order valence-electron chi connectivity index (χ0n) is 10.7. The Hall–Kier alpha value is -1.60. The molecule has 0 aliphatic rings. The van der Waals surface area contributed by atoms with Gasteiger partial charge in [0, 0.05) is 19.4 Å². The Labute approximate surface area is 112 Å². The minimum absolute atomic E-state index is 0.651. The predicted octanol–water partition coefficient (Wildman–Crippen LogP) is 3.54. The summed E-state index contributed by atoms with van der Waals surface area (Å²) in [6.07, 6.45) is 3.43. The van der Waals surface area contributed by atoms with Crippen LogP contribution in [0.25, 0.3) is 10.2 Å². The van der Waals surface area contributed by atoms with E-state index in [9.17, 15) is 0 Å². The van der Waals surface area contributed by atoms with Crippen LogP contribution in [0.4, 0.5) is 5.82 Å². The average molecular weight is 259 g/mol. The van der Waals surface area contributed by atoms with Gasteiger partial charge in [0.25, 0.3) is 0 Å². The quantitative estimate of drug-likeness (QED) is 0.674. The van der Waals surface area contributed by atoms with E-state index in [0.29, 0.717) is 5.92 Å². The molecular weight excluding hydrogens is 242 g/mol. The minimum atomic E-state index is 0.651. The molecule has 2 aromatic heterocycles. The highest BCUT2D eigenvalue weighted by molar-refractivity contribution is 7.16. The van der Waals surface area contributed by atoms with Crippen molar-refractivity contribution in [1.29, 1.82) is 0 Å². The van der Waals surface area contributed by atoms with E-state index in [0.717, 1.165) is 35.4 Å². The highest BCUT2D eigenvalue weighted by Crippen LogP contribution is 2.23. The van der Waals surface area contributed by atoms with Crippen molar-refractivity contribution in [3.8, 4) is 11.8 Å². The molecule has 94 valence electrons. The molecule has 0 bridgehead atoms. The summed E-state index contributed by atoms with van der Waals surface area (Å²) in [5, 5.41) is 6.44. The lowest BCUT2D eigenvalue weighted by Crippen LogP contribution is -2.02. The molecule has 2 heterocycles. The minimum Gasteiger partial charge on any atom is -0.368 e. The van der Waals surface area contributed by atoms with E-state index in [-0.39, 0.29) is 0 Å². The third kappa shape index (κ3) is 3.44. The maximum absolute atomic E-state index is 4.26. The number of anilines is 1. The molecule has 18 heavy (non-hydrogen) atoms. The van der Waals surface area contributed by atoms with Gasteiger partial charge in [-0.2, -0.15) is 0 Å². The zero-order chi connectivity index (χ0) is 12.8. The summed E-state index contributed by atoms with van der Waals surface area (Å²) in [6, 6.07) is 2.05. The number of fused-ring (bicyclic) bond motifs is 1. The molecule has 1 N–H and O–H groups in total. The van der Waals surface area contributed by atoms with E-state index in [1.165, 1.54) is 0 Å². The molecule has 0 aliphatic heterocycles. The van der Waals surface area contributed by atoms with Gasteiger partial charge in [-0.1, -0.05) is 13.8 Å². The van der Waals surface area contributed by atoms with Crippen LogP contribution in [0.2, 0.25) is 0 Å². The second-order valence-electron chi connectivity index (χ2n) is 4.49. The van der Waals surface area contributed by atoms with Crippen LogP contribution < -0.4 is 5.32 Å². The molecule has 0 saturated heterocycles. The molecular formula is C14H17N3S. The molecule has 0 saturated carbocycles. The van der Waals surface area contributed by atoms with Crippen LogP contribution in [-0.2, 0) is 0 Å². The van der Waals surface area contributed by atoms with Gasteiger partial charge >= 0.3 is 0 Å². The fraction of sp³-hybridized carbons (Fsp3) is 0.429. The topological polar surface area (TPSA) is 37.8 Å². The van der Waals surface area contributed by atoms with Crippen molar-refractivity contribution in [2.75, 3.05) is 11.9 Å². The maximum atomic E-state index is 4.26. The number of rotatable bonds is 4. The summed E-state index contributed by atoms with van der Waals surface area (Å²) in [5.41, 5.74) is 0. The van der Waals surface area contributed by atoms with Gasteiger partial charge in [-0.3, -0.25) is 0 Å². The Morgan fingerprint density at radius 3 is 3.06 bits per heavy atom. The standard InChI is InChI=1S/C14H17N3S/c1-11(2)6-4-3-5-8-15-13-12-7-9-18-14(12)17-10-16-13/h7,9-11H,5-6,8H2,1-2H3,(H,15,16,17). The molecule has 0 aromatic carbocycles. The zero-order valence-corrected chi connectivity index (χ0v) is 11.5. The summed E-state index contributed by atoms with van der Waals surface area (Å²) in [6.45, 7) is 5.19. The van der Waals surface area contributed by atoms with Gasteiger partial charge in [-0.15, -0.1) is 23.2 Å². The maximum Gasteiger partial charge on any atom is 0.138 e. The smallest absolute Gasteiger partial charge is 0.138 e. The van der Waals surface area contributed by atoms with Crippen LogP contribution in [0.5, 0.6) is 0 Å².